The summed E-state index contributed by atoms with van der Waals surface area (Å²) in [4.78, 5) is 56.0. The van der Waals surface area contributed by atoms with E-state index >= 15 is 0 Å². The van der Waals surface area contributed by atoms with Gasteiger partial charge in [-0.15, -0.1) is 0 Å². The predicted molar refractivity (Wildman–Crippen MR) is 185 cm³/mol. The quantitative estimate of drug-likeness (QED) is 0.272. The van der Waals surface area contributed by atoms with Gasteiger partial charge >= 0.3 is 6.09 Å². The first-order valence-electron chi connectivity index (χ1n) is 16.8. The molecule has 3 N–H and O–H groups in total. The van der Waals surface area contributed by atoms with Gasteiger partial charge in [0.2, 0.25) is 21.8 Å². The lowest BCUT2D eigenvalue weighted by Crippen LogP contribution is -2.58. The number of nitrogens with one attached hydrogen (secondary N) is 3. The maximum Gasteiger partial charge on any atom is 0.408 e. The highest BCUT2D eigenvalue weighted by molar-refractivity contribution is 9.10. The van der Waals surface area contributed by atoms with Gasteiger partial charge in [-0.3, -0.25) is 23.3 Å². The monoisotopic (exact) mass is 800 g/mol. The molecule has 276 valence electrons. The fourth-order valence-corrected chi connectivity index (χ4v) is 8.87. The van der Waals surface area contributed by atoms with Crippen molar-refractivity contribution in [1.29, 1.82) is 0 Å². The van der Waals surface area contributed by atoms with E-state index in [1.807, 2.05) is 6.08 Å². The Bertz CT molecular complexity index is 1760. The van der Waals surface area contributed by atoms with E-state index < -0.39 is 83.9 Å². The van der Waals surface area contributed by atoms with Crippen molar-refractivity contribution in [2.45, 2.75) is 124 Å². The third-order valence-corrected chi connectivity index (χ3v) is 13.6. The van der Waals surface area contributed by atoms with Gasteiger partial charge < -0.3 is 20.3 Å². The third kappa shape index (κ3) is 8.70. The SMILES string of the molecule is CC(C)(C)OC(=O)NC1CCCCCC=CC2CC2(C(=O)NS(=O)(=O)C2(C)CC2)NC(=O)C2CC(OS(=O)(=O)c3ccc(Br)cc3)CN2C1=O. The van der Waals surface area contributed by atoms with Crippen molar-refractivity contribution in [2.24, 2.45) is 5.92 Å². The number of nitrogens with zero attached hydrogens (tertiary/aromatic N) is 1. The molecule has 1 aromatic rings. The topological polar surface area (TPSA) is 194 Å². The number of alkyl carbamates (subject to hydrolysis) is 1. The maximum absolute atomic E-state index is 14.2. The van der Waals surface area contributed by atoms with E-state index in [9.17, 15) is 36.0 Å². The van der Waals surface area contributed by atoms with Crippen LogP contribution >= 0.6 is 15.9 Å². The molecule has 2 aliphatic heterocycles. The zero-order chi connectivity index (χ0) is 36.7. The van der Waals surface area contributed by atoms with Crippen LogP contribution in [-0.4, -0.2) is 86.2 Å². The van der Waals surface area contributed by atoms with Crippen molar-refractivity contribution in [3.05, 3.63) is 40.9 Å². The number of halogens is 1. The average molecular weight is 802 g/mol. The molecule has 4 amide bonds. The lowest BCUT2D eigenvalue weighted by atomic mass is 10.0. The van der Waals surface area contributed by atoms with Crippen LogP contribution in [0.5, 0.6) is 0 Å². The molecule has 1 aromatic carbocycles. The van der Waals surface area contributed by atoms with E-state index in [-0.39, 0.29) is 30.7 Å². The fraction of sp³-hybridized carbons (Fsp3) is 0.636. The summed E-state index contributed by atoms with van der Waals surface area (Å²) in [6, 6.07) is 3.35. The van der Waals surface area contributed by atoms with E-state index in [4.69, 9.17) is 8.92 Å². The van der Waals surface area contributed by atoms with Crippen LogP contribution in [-0.2, 0) is 43.4 Å². The number of hydrogen-bond acceptors (Lipinski definition) is 10. The van der Waals surface area contributed by atoms with Crippen molar-refractivity contribution in [1.82, 2.24) is 20.3 Å². The van der Waals surface area contributed by atoms with Crippen molar-refractivity contribution in [3.8, 4) is 0 Å². The molecule has 0 radical (unpaired) electrons. The van der Waals surface area contributed by atoms with Gasteiger partial charge in [0.15, 0.2) is 0 Å². The minimum atomic E-state index is -4.33. The smallest absolute Gasteiger partial charge is 0.408 e. The summed E-state index contributed by atoms with van der Waals surface area (Å²) in [6.07, 6.45) is 5.27. The van der Waals surface area contributed by atoms with Crippen molar-refractivity contribution < 1.29 is 44.9 Å². The van der Waals surface area contributed by atoms with Crippen molar-refractivity contribution in [3.63, 3.8) is 0 Å². The molecule has 5 atom stereocenters. The number of hydrogen-bond donors (Lipinski definition) is 3. The molecule has 5 rings (SSSR count). The molecule has 3 fully saturated rings. The van der Waals surface area contributed by atoms with Gasteiger partial charge in [0.25, 0.3) is 16.0 Å². The highest BCUT2D eigenvalue weighted by atomic mass is 79.9. The van der Waals surface area contributed by atoms with Crippen molar-refractivity contribution >= 4 is 59.9 Å². The number of carbonyl (C=O) groups excluding carboxylic acids is 4. The molecule has 17 heteroatoms. The fourth-order valence-electron chi connectivity index (χ4n) is 6.22. The number of sulfonamides is 1. The summed E-state index contributed by atoms with van der Waals surface area (Å²) in [5.41, 5.74) is -2.45. The van der Waals surface area contributed by atoms with E-state index in [0.29, 0.717) is 36.6 Å². The molecule has 2 heterocycles. The van der Waals surface area contributed by atoms with Gasteiger partial charge in [-0.2, -0.15) is 8.42 Å². The van der Waals surface area contributed by atoms with Gasteiger partial charge in [0.05, 0.1) is 15.7 Å². The summed E-state index contributed by atoms with van der Waals surface area (Å²) in [5, 5.41) is 5.38. The maximum atomic E-state index is 14.2. The number of carbonyl (C=O) groups is 4. The second-order valence-corrected chi connectivity index (χ2v) is 19.5. The molecule has 1 saturated heterocycles. The zero-order valence-electron chi connectivity index (χ0n) is 28.6. The molecule has 4 aliphatic rings. The molecule has 14 nitrogen and oxygen atoms in total. The Kier molecular flexibility index (Phi) is 10.8. The summed E-state index contributed by atoms with van der Waals surface area (Å²) < 4.78 is 65.3. The Labute approximate surface area is 301 Å². The van der Waals surface area contributed by atoms with Gasteiger partial charge in [-0.05, 0) is 90.5 Å². The standard InChI is InChI=1S/C33H45BrN4O10S2/c1-31(2,3)47-30(42)35-25-11-9-7-5-6-8-10-21-19-33(21,29(41)37-50(45,46)32(4)16-17-32)36-27(39)26-18-23(20-38(26)28(25)40)48-49(43,44)24-14-12-22(34)13-15-24/h8,10,12-15,21,23,25-26H,5-7,9,11,16-20H2,1-4H3,(H,35,42)(H,36,39)(H,37,41). The first kappa shape index (κ1) is 38.2. The summed E-state index contributed by atoms with van der Waals surface area (Å²) in [7, 11) is -8.35. The van der Waals surface area contributed by atoms with Crippen LogP contribution in [0.1, 0.15) is 85.5 Å². The molecular formula is C33H45BrN4O10S2. The number of benzene rings is 1. The normalized spacial score (nSPS) is 28.6. The minimum Gasteiger partial charge on any atom is -0.444 e. The number of amides is 4. The first-order chi connectivity index (χ1) is 23.3. The van der Waals surface area contributed by atoms with E-state index in [0.717, 1.165) is 6.42 Å². The number of allylic oxidation sites excluding steroid dienone is 1. The molecule has 2 saturated carbocycles. The summed E-state index contributed by atoms with van der Waals surface area (Å²) >= 11 is 3.27. The van der Waals surface area contributed by atoms with Gasteiger partial charge in [-0.25, -0.2) is 13.2 Å². The lowest BCUT2D eigenvalue weighted by Gasteiger charge is -2.30. The van der Waals surface area contributed by atoms with Crippen LogP contribution < -0.4 is 15.4 Å². The highest BCUT2D eigenvalue weighted by Gasteiger charge is 2.63. The van der Waals surface area contributed by atoms with Crippen LogP contribution in [0.3, 0.4) is 0 Å². The molecule has 0 aromatic heterocycles. The molecule has 5 unspecified atom stereocenters. The van der Waals surface area contributed by atoms with Gasteiger partial charge in [0.1, 0.15) is 23.2 Å². The number of rotatable bonds is 7. The van der Waals surface area contributed by atoms with Crippen LogP contribution in [0.25, 0.3) is 0 Å². The Balaban J connectivity index is 1.45. The minimum absolute atomic E-state index is 0.126. The summed E-state index contributed by atoms with van der Waals surface area (Å²) in [6.45, 7) is 6.28. The third-order valence-electron chi connectivity index (χ3n) is 9.53. The molecule has 2 aliphatic carbocycles. The van der Waals surface area contributed by atoms with E-state index in [1.165, 1.54) is 29.2 Å². The number of fused-ring (bicyclic) bond motifs is 2. The zero-order valence-corrected chi connectivity index (χ0v) is 31.8. The Morgan fingerprint density at radius 3 is 2.36 bits per heavy atom. The molecule has 0 spiro atoms. The Morgan fingerprint density at radius 1 is 1.04 bits per heavy atom. The second kappa shape index (κ2) is 14.2. The Hall–Kier alpha value is -3.02. The Morgan fingerprint density at radius 2 is 1.72 bits per heavy atom. The van der Waals surface area contributed by atoms with Crippen molar-refractivity contribution in [2.75, 3.05) is 6.54 Å². The molecular weight excluding hydrogens is 756 g/mol. The second-order valence-electron chi connectivity index (χ2n) is 14.8. The van der Waals surface area contributed by atoms with E-state index in [1.54, 1.807) is 33.8 Å². The van der Waals surface area contributed by atoms with Gasteiger partial charge in [-0.1, -0.05) is 40.9 Å². The average Bonchev–Trinajstić information content (AvgIpc) is 3.89. The molecule has 50 heavy (non-hydrogen) atoms. The summed E-state index contributed by atoms with van der Waals surface area (Å²) in [5.74, 6) is -2.80. The number of ether oxygens (including phenoxy) is 1. The van der Waals surface area contributed by atoms with Gasteiger partial charge in [0, 0.05) is 23.4 Å². The van der Waals surface area contributed by atoms with Crippen LogP contribution in [0.4, 0.5) is 4.79 Å². The highest BCUT2D eigenvalue weighted by Crippen LogP contribution is 2.47. The first-order valence-corrected chi connectivity index (χ1v) is 20.5. The lowest BCUT2D eigenvalue weighted by molar-refractivity contribution is -0.141. The van der Waals surface area contributed by atoms with Crippen LogP contribution in [0.2, 0.25) is 0 Å². The molecule has 0 bridgehead atoms. The predicted octanol–water partition coefficient (Wildman–Crippen LogP) is 3.41. The van der Waals surface area contributed by atoms with Crippen LogP contribution in [0, 0.1) is 5.92 Å². The van der Waals surface area contributed by atoms with E-state index in [2.05, 4.69) is 31.3 Å². The largest absolute Gasteiger partial charge is 0.444 e. The van der Waals surface area contributed by atoms with Crippen LogP contribution in [0.15, 0.2) is 45.8 Å².